The van der Waals surface area contributed by atoms with Crippen LogP contribution in [-0.2, 0) is 22.7 Å². The first-order valence-corrected chi connectivity index (χ1v) is 30.6. The number of carbonyl (C=O) groups is 3. The Morgan fingerprint density at radius 1 is 0.511 bits per heavy atom. The van der Waals surface area contributed by atoms with Crippen molar-refractivity contribution in [3.63, 3.8) is 0 Å². The number of amidine groups is 1. The van der Waals surface area contributed by atoms with Gasteiger partial charge in [0.2, 0.25) is 35.3 Å². The van der Waals surface area contributed by atoms with Gasteiger partial charge >= 0.3 is 0 Å². The molecule has 0 aliphatic carbocycles. The molecule has 0 bridgehead atoms. The zero-order valence-corrected chi connectivity index (χ0v) is 52.6. The van der Waals surface area contributed by atoms with Gasteiger partial charge in [-0.05, 0) is 49.2 Å². The first kappa shape index (κ1) is 62.0. The van der Waals surface area contributed by atoms with Crippen LogP contribution in [0.2, 0.25) is 20.1 Å². The third kappa shape index (κ3) is 12.0. The van der Waals surface area contributed by atoms with Crippen LogP contribution in [0.4, 0.5) is 0 Å². The molecule has 1 atom stereocenters. The van der Waals surface area contributed by atoms with E-state index in [9.17, 15) is 24.7 Å². The number of rotatable bonds is 17. The number of hydroxylamine groups is 2. The normalized spacial score (nSPS) is 17.2. The van der Waals surface area contributed by atoms with Gasteiger partial charge in [0.1, 0.15) is 6.04 Å². The fourth-order valence-corrected chi connectivity index (χ4v) is 13.9. The lowest BCUT2D eigenvalue weighted by molar-refractivity contribution is -0.121. The highest BCUT2D eigenvalue weighted by molar-refractivity contribution is 6.40. The number of hydrogen-bond donors (Lipinski definition) is 4. The van der Waals surface area contributed by atoms with Crippen LogP contribution >= 0.6 is 46.4 Å². The molecule has 9 heterocycles. The number of ether oxygens (including phenoxy) is 4. The predicted molar refractivity (Wildman–Crippen MR) is 345 cm³/mol. The quantitative estimate of drug-likeness (QED) is 0.0622. The number of aliphatic hydroxyl groups is 1. The average molecular weight is 1290 g/mol. The number of aldehydes is 1. The lowest BCUT2D eigenvalue weighted by Gasteiger charge is -2.48. The number of methoxy groups -OCH3 is 4. The molecule has 462 valence electrons. The fraction of sp³-hybridized carbons (Fsp3) is 0.284. The van der Waals surface area contributed by atoms with E-state index >= 15 is 0 Å². The summed E-state index contributed by atoms with van der Waals surface area (Å²) in [5.41, 5.74) is 10.8. The van der Waals surface area contributed by atoms with Gasteiger partial charge in [0.25, 0.3) is 0 Å². The molecule has 19 nitrogen and oxygen atoms in total. The molecule has 90 heavy (non-hydrogen) atoms. The van der Waals surface area contributed by atoms with Gasteiger partial charge in [-0.15, -0.1) is 0 Å². The molecule has 4 aromatic carbocycles. The van der Waals surface area contributed by atoms with Crippen molar-refractivity contribution in [1.82, 2.24) is 45.4 Å². The predicted octanol–water partition coefficient (Wildman–Crippen LogP) is 11.2. The van der Waals surface area contributed by atoms with Crippen LogP contribution < -0.4 is 29.6 Å². The molecule has 4 aromatic heterocycles. The minimum Gasteiger partial charge on any atom is -0.481 e. The number of aliphatic hydroxyl groups excluding tert-OH is 1. The van der Waals surface area contributed by atoms with Crippen LogP contribution in [-0.4, -0.2) is 154 Å². The van der Waals surface area contributed by atoms with Gasteiger partial charge in [-0.2, -0.15) is 0 Å². The summed E-state index contributed by atoms with van der Waals surface area (Å²) in [7, 11) is 6.18. The summed E-state index contributed by atoms with van der Waals surface area (Å²) in [6, 6.07) is 37.1. The van der Waals surface area contributed by atoms with E-state index in [0.29, 0.717) is 115 Å². The maximum Gasteiger partial charge on any atom is 0.224 e. The summed E-state index contributed by atoms with van der Waals surface area (Å²) in [5.74, 6) is 2.08. The number of nitrogens with zero attached hydrogens (tertiary/aromatic N) is 8. The Labute approximate surface area is 539 Å². The van der Waals surface area contributed by atoms with Crippen LogP contribution in [0, 0.1) is 0 Å². The molecule has 0 saturated carbocycles. The van der Waals surface area contributed by atoms with Crippen molar-refractivity contribution in [2.75, 3.05) is 67.8 Å². The third-order valence-corrected chi connectivity index (χ3v) is 18.7. The zero-order valence-electron chi connectivity index (χ0n) is 49.5. The molecule has 13 rings (SSSR count). The lowest BCUT2D eigenvalue weighted by atomic mass is 9.88. The Morgan fingerprint density at radius 2 is 0.878 bits per heavy atom. The molecular weight excluding hydrogens is 1230 g/mol. The second-order valence-corrected chi connectivity index (χ2v) is 24.4. The SMILES string of the molecule is COc1nc(-c2cccc(-c3cccc(-c4ccc(C5=NC[C@@H](CO)N5O)c(OC)n4)c3Cl)c2Cl)ccc1CN1CC2(CCC(=O)N2)C1.COc1nc(-c2cccc(-c3cccc(-c4ccc(CN5CC6(CCC(=O)N6)C5)c(OC)n4)c3Cl)c2Cl)ccc1C=O. The summed E-state index contributed by atoms with van der Waals surface area (Å²) in [6.07, 6.45) is 3.65. The highest BCUT2D eigenvalue weighted by Crippen LogP contribution is 2.46. The Hall–Kier alpha value is -8.24. The minimum absolute atomic E-state index is 0.0781. The number of benzene rings is 4. The molecule has 0 unspecified atom stereocenters. The zero-order chi connectivity index (χ0) is 63.0. The lowest BCUT2D eigenvalue weighted by Crippen LogP contribution is -2.66. The third-order valence-electron chi connectivity index (χ3n) is 17.0. The molecule has 4 N–H and O–H groups in total. The van der Waals surface area contributed by atoms with E-state index in [1.54, 1.807) is 38.5 Å². The number of nitrogens with one attached hydrogen (secondary N) is 2. The summed E-state index contributed by atoms with van der Waals surface area (Å²) in [5, 5.41) is 29.1. The Morgan fingerprint density at radius 3 is 1.23 bits per heavy atom. The number of aliphatic imine (C=N–C) groups is 1. The second-order valence-electron chi connectivity index (χ2n) is 22.9. The van der Waals surface area contributed by atoms with Gasteiger partial charge in [-0.1, -0.05) is 131 Å². The van der Waals surface area contributed by atoms with E-state index in [1.165, 1.54) is 14.2 Å². The summed E-state index contributed by atoms with van der Waals surface area (Å²) >= 11 is 28.1. The number of pyridine rings is 4. The smallest absolute Gasteiger partial charge is 0.224 e. The Balaban J connectivity index is 0.000000176. The Kier molecular flexibility index (Phi) is 17.9. The van der Waals surface area contributed by atoms with E-state index in [4.69, 9.17) is 75.3 Å². The summed E-state index contributed by atoms with van der Waals surface area (Å²) in [4.78, 5) is 62.5. The van der Waals surface area contributed by atoms with Gasteiger partial charge in [-0.3, -0.25) is 34.4 Å². The van der Waals surface area contributed by atoms with Gasteiger partial charge in [0, 0.05) is 108 Å². The molecule has 4 saturated heterocycles. The highest BCUT2D eigenvalue weighted by atomic mass is 35.5. The van der Waals surface area contributed by atoms with Gasteiger partial charge in [0.15, 0.2) is 12.1 Å². The molecule has 5 aliphatic heterocycles. The van der Waals surface area contributed by atoms with Gasteiger partial charge in [0.05, 0.1) is 107 Å². The number of aromatic nitrogens is 4. The van der Waals surface area contributed by atoms with Crippen molar-refractivity contribution in [3.8, 4) is 90.8 Å². The molecule has 23 heteroatoms. The first-order valence-electron chi connectivity index (χ1n) is 29.1. The van der Waals surface area contributed by atoms with Crippen LogP contribution in [0.1, 0.15) is 52.7 Å². The van der Waals surface area contributed by atoms with Crippen molar-refractivity contribution in [3.05, 3.63) is 164 Å². The highest BCUT2D eigenvalue weighted by Gasteiger charge is 2.48. The monoisotopic (exact) mass is 1290 g/mol. The van der Waals surface area contributed by atoms with E-state index in [0.717, 1.165) is 83.0 Å². The largest absolute Gasteiger partial charge is 0.481 e. The molecule has 8 aromatic rings. The molecule has 4 fully saturated rings. The number of amides is 2. The maximum atomic E-state index is 11.7. The summed E-state index contributed by atoms with van der Waals surface area (Å²) in [6.45, 7) is 4.63. The standard InChI is InChI=1S/C35H34Cl2N6O5.C32H28Cl2N4O4/c1-47-33-20(16-42-18-35(19-42)14-13-29(45)41-35)9-11-27(39-33)24-7-3-5-22(30(24)36)23-6-4-8-25(31(23)37)28-12-10-26(34(40-28)48-2)32-38-15-21(17-44)43(32)46;1-41-30-19(15-38-17-32(18-38)14-13-27(40)37-32)9-11-25(35-30)23-7-3-5-21(28(23)33)22-6-4-8-24(29(22)34)26-12-10-20(16-39)31(36-26)42-2/h3-12,21,44,46H,13-19H2,1-2H3,(H,41,45);3-12,16H,13-15,17-18H2,1-2H3,(H,37,40)/t21-;/m0./s1. The maximum absolute atomic E-state index is 11.7. The van der Waals surface area contributed by atoms with Gasteiger partial charge < -0.3 is 34.7 Å². The van der Waals surface area contributed by atoms with E-state index in [-0.39, 0.29) is 53.6 Å². The molecule has 2 spiro atoms. The van der Waals surface area contributed by atoms with E-state index in [2.05, 4.69) is 35.4 Å². The molecule has 2 amide bonds. The number of halogens is 4. The number of hydrogen-bond acceptors (Lipinski definition) is 17. The average Bonchev–Trinajstić information content (AvgIpc) is 1.63. The van der Waals surface area contributed by atoms with Crippen molar-refractivity contribution < 1.29 is 43.6 Å². The van der Waals surface area contributed by atoms with Crippen LogP contribution in [0.15, 0.2) is 126 Å². The Bertz CT molecular complexity index is 4160. The summed E-state index contributed by atoms with van der Waals surface area (Å²) < 4.78 is 22.2. The van der Waals surface area contributed by atoms with E-state index in [1.807, 2.05) is 97.1 Å². The number of carbonyl (C=O) groups excluding carboxylic acids is 3. The number of likely N-dealkylation sites (tertiary alicyclic amines) is 2. The minimum atomic E-state index is -0.522. The first-order chi connectivity index (χ1) is 43.6. The van der Waals surface area contributed by atoms with Crippen LogP contribution in [0.25, 0.3) is 67.3 Å². The topological polar surface area (TPSA) is 226 Å². The van der Waals surface area contributed by atoms with Gasteiger partial charge in [-0.25, -0.2) is 25.0 Å². The van der Waals surface area contributed by atoms with E-state index < -0.39 is 6.04 Å². The molecule has 0 radical (unpaired) electrons. The van der Waals surface area contributed by atoms with Crippen LogP contribution in [0.3, 0.4) is 0 Å². The molecule has 5 aliphatic rings. The second kappa shape index (κ2) is 25.9. The fourth-order valence-electron chi connectivity index (χ4n) is 12.6. The van der Waals surface area contributed by atoms with Crippen molar-refractivity contribution in [1.29, 1.82) is 0 Å². The van der Waals surface area contributed by atoms with Crippen molar-refractivity contribution in [2.45, 2.75) is 55.9 Å². The van der Waals surface area contributed by atoms with Crippen molar-refractivity contribution >= 4 is 70.3 Å². The molecular formula is C67H62Cl4N10O9. The van der Waals surface area contributed by atoms with Crippen LogP contribution in [0.5, 0.6) is 23.5 Å². The van der Waals surface area contributed by atoms with Crippen molar-refractivity contribution in [2.24, 2.45) is 4.99 Å².